The first kappa shape index (κ1) is 17.2. The lowest BCUT2D eigenvalue weighted by molar-refractivity contribution is 0.234. The minimum Gasteiger partial charge on any atom is -0.312 e. The van der Waals surface area contributed by atoms with Gasteiger partial charge in [-0.05, 0) is 76.1 Å². The van der Waals surface area contributed by atoms with E-state index < -0.39 is 0 Å². The van der Waals surface area contributed by atoms with Gasteiger partial charge in [0.25, 0.3) is 0 Å². The van der Waals surface area contributed by atoms with Crippen LogP contribution in [-0.4, -0.2) is 30.1 Å². The summed E-state index contributed by atoms with van der Waals surface area (Å²) in [5, 5.41) is 5.70. The molecule has 1 heterocycles. The van der Waals surface area contributed by atoms with Crippen LogP contribution >= 0.6 is 27.3 Å². The topological polar surface area (TPSA) is 15.3 Å². The third-order valence-electron chi connectivity index (χ3n) is 3.23. The smallest absolute Gasteiger partial charge is 0.0328 e. The average Bonchev–Trinajstić information content (AvgIpc) is 2.68. The highest BCUT2D eigenvalue weighted by Crippen LogP contribution is 2.21. The van der Waals surface area contributed by atoms with E-state index in [1.165, 1.54) is 22.2 Å². The van der Waals surface area contributed by atoms with Gasteiger partial charge >= 0.3 is 0 Å². The van der Waals surface area contributed by atoms with E-state index in [4.69, 9.17) is 0 Å². The Morgan fingerprint density at radius 1 is 1.42 bits per heavy atom. The number of hydrogen-bond donors (Lipinski definition) is 1. The van der Waals surface area contributed by atoms with Gasteiger partial charge in [0, 0.05) is 32.9 Å². The van der Waals surface area contributed by atoms with Crippen molar-refractivity contribution in [2.75, 3.05) is 13.6 Å². The largest absolute Gasteiger partial charge is 0.312 e. The van der Waals surface area contributed by atoms with E-state index in [0.29, 0.717) is 6.04 Å². The van der Waals surface area contributed by atoms with Gasteiger partial charge in [-0.3, -0.25) is 4.90 Å². The number of nitrogens with zero attached hydrogens (tertiary/aromatic N) is 1. The van der Waals surface area contributed by atoms with E-state index in [1.807, 2.05) is 11.3 Å². The fourth-order valence-corrected chi connectivity index (χ4v) is 3.43. The van der Waals surface area contributed by atoms with E-state index in [2.05, 4.69) is 72.3 Å². The molecule has 0 saturated carbocycles. The zero-order valence-electron chi connectivity index (χ0n) is 12.8. The maximum absolute atomic E-state index is 3.55. The molecule has 0 saturated heterocycles. The van der Waals surface area contributed by atoms with Crippen molar-refractivity contribution in [1.29, 1.82) is 0 Å². The van der Waals surface area contributed by atoms with Crippen LogP contribution in [0.5, 0.6) is 0 Å². The zero-order valence-corrected chi connectivity index (χ0v) is 15.2. The molecule has 1 aromatic rings. The van der Waals surface area contributed by atoms with Crippen LogP contribution in [-0.2, 0) is 6.54 Å². The van der Waals surface area contributed by atoms with Crippen molar-refractivity contribution < 1.29 is 0 Å². The molecule has 2 nitrogen and oxygen atoms in total. The number of hydrogen-bond acceptors (Lipinski definition) is 3. The third kappa shape index (κ3) is 7.45. The predicted octanol–water partition coefficient (Wildman–Crippen LogP) is 4.50. The summed E-state index contributed by atoms with van der Waals surface area (Å²) in [7, 11) is 2.22. The van der Waals surface area contributed by atoms with Gasteiger partial charge in [-0.2, -0.15) is 0 Å². The van der Waals surface area contributed by atoms with E-state index in [9.17, 15) is 0 Å². The van der Waals surface area contributed by atoms with Gasteiger partial charge in [-0.15, -0.1) is 11.3 Å². The minimum absolute atomic E-state index is 0.235. The normalized spacial score (nSPS) is 14.1. The lowest BCUT2D eigenvalue weighted by Gasteiger charge is -2.25. The first-order chi connectivity index (χ1) is 8.78. The van der Waals surface area contributed by atoms with Gasteiger partial charge in [0.1, 0.15) is 0 Å². The Kier molecular flexibility index (Phi) is 7.01. The number of halogens is 1. The predicted molar refractivity (Wildman–Crippen MR) is 89.9 cm³/mol. The lowest BCUT2D eigenvalue weighted by Crippen LogP contribution is -2.37. The van der Waals surface area contributed by atoms with Crippen LogP contribution in [0.2, 0.25) is 0 Å². The van der Waals surface area contributed by atoms with Gasteiger partial charge in [-0.25, -0.2) is 0 Å². The molecular weight excluding hydrogens is 320 g/mol. The summed E-state index contributed by atoms with van der Waals surface area (Å²) >= 11 is 5.34. The van der Waals surface area contributed by atoms with E-state index in [-0.39, 0.29) is 5.54 Å². The van der Waals surface area contributed by atoms with Gasteiger partial charge < -0.3 is 5.32 Å². The Labute approximate surface area is 130 Å². The molecule has 1 aromatic heterocycles. The SMILES string of the molecule is CC(CCCNC(C)(C)C)N(C)Cc1cc(Br)cs1. The fourth-order valence-electron chi connectivity index (χ4n) is 1.92. The molecule has 4 heteroatoms. The van der Waals surface area contributed by atoms with Crippen LogP contribution in [0.3, 0.4) is 0 Å². The van der Waals surface area contributed by atoms with Crippen molar-refractivity contribution >= 4 is 27.3 Å². The molecular formula is C15H27BrN2S. The standard InChI is InChI=1S/C15H27BrN2S/c1-12(7-6-8-17-15(2,3)4)18(5)10-14-9-13(16)11-19-14/h9,11-12,17H,6-8,10H2,1-5H3. The van der Waals surface area contributed by atoms with Gasteiger partial charge in [0.2, 0.25) is 0 Å². The van der Waals surface area contributed by atoms with Crippen LogP contribution in [0.4, 0.5) is 0 Å². The van der Waals surface area contributed by atoms with Crippen molar-refractivity contribution in [3.63, 3.8) is 0 Å². The van der Waals surface area contributed by atoms with Crippen molar-refractivity contribution in [1.82, 2.24) is 10.2 Å². The van der Waals surface area contributed by atoms with Crippen LogP contribution in [0, 0.1) is 0 Å². The summed E-state index contributed by atoms with van der Waals surface area (Å²) in [6, 6.07) is 2.84. The molecule has 19 heavy (non-hydrogen) atoms. The number of thiophene rings is 1. The molecule has 1 unspecified atom stereocenters. The van der Waals surface area contributed by atoms with Crippen LogP contribution in [0.15, 0.2) is 15.9 Å². The molecule has 1 N–H and O–H groups in total. The molecule has 0 aliphatic carbocycles. The van der Waals surface area contributed by atoms with Gasteiger partial charge in [-0.1, -0.05) is 0 Å². The summed E-state index contributed by atoms with van der Waals surface area (Å²) in [5.41, 5.74) is 0.235. The second-order valence-corrected chi connectivity index (χ2v) is 8.23. The molecule has 0 aliphatic heterocycles. The second kappa shape index (κ2) is 7.77. The summed E-state index contributed by atoms with van der Waals surface area (Å²) < 4.78 is 1.20. The number of rotatable bonds is 7. The molecule has 110 valence electrons. The summed E-state index contributed by atoms with van der Waals surface area (Å²) in [4.78, 5) is 3.86. The maximum atomic E-state index is 3.55. The third-order valence-corrected chi connectivity index (χ3v) is 4.92. The Hall–Kier alpha value is 0.1000. The van der Waals surface area contributed by atoms with Crippen LogP contribution in [0.25, 0.3) is 0 Å². The minimum atomic E-state index is 0.235. The average molecular weight is 347 g/mol. The second-order valence-electron chi connectivity index (χ2n) is 6.31. The Morgan fingerprint density at radius 3 is 2.63 bits per heavy atom. The van der Waals surface area contributed by atoms with Gasteiger partial charge in [0.15, 0.2) is 0 Å². The highest BCUT2D eigenvalue weighted by atomic mass is 79.9. The summed E-state index contributed by atoms with van der Waals surface area (Å²) in [6.45, 7) is 11.1. The highest BCUT2D eigenvalue weighted by Gasteiger charge is 2.12. The first-order valence-corrected chi connectivity index (χ1v) is 8.63. The molecule has 0 aliphatic rings. The molecule has 0 spiro atoms. The monoisotopic (exact) mass is 346 g/mol. The molecule has 1 atom stereocenters. The van der Waals surface area contributed by atoms with Crippen molar-refractivity contribution in [3.05, 3.63) is 20.8 Å². The zero-order chi connectivity index (χ0) is 14.5. The van der Waals surface area contributed by atoms with Crippen molar-refractivity contribution in [2.24, 2.45) is 0 Å². The molecule has 0 radical (unpaired) electrons. The van der Waals surface area contributed by atoms with Crippen molar-refractivity contribution in [2.45, 2.75) is 58.7 Å². The molecule has 1 rings (SSSR count). The van der Waals surface area contributed by atoms with Crippen LogP contribution < -0.4 is 5.32 Å². The Morgan fingerprint density at radius 2 is 2.11 bits per heavy atom. The first-order valence-electron chi connectivity index (χ1n) is 6.96. The highest BCUT2D eigenvalue weighted by molar-refractivity contribution is 9.10. The fraction of sp³-hybridized carbons (Fsp3) is 0.733. The maximum Gasteiger partial charge on any atom is 0.0328 e. The van der Waals surface area contributed by atoms with E-state index in [1.54, 1.807) is 0 Å². The van der Waals surface area contributed by atoms with E-state index >= 15 is 0 Å². The lowest BCUT2D eigenvalue weighted by atomic mass is 10.1. The molecule has 0 bridgehead atoms. The molecule has 0 fully saturated rings. The Balaban J connectivity index is 2.23. The van der Waals surface area contributed by atoms with E-state index in [0.717, 1.165) is 13.1 Å². The summed E-state index contributed by atoms with van der Waals surface area (Å²) in [5.74, 6) is 0. The quantitative estimate of drug-likeness (QED) is 0.731. The molecule has 0 amide bonds. The van der Waals surface area contributed by atoms with Crippen LogP contribution in [0.1, 0.15) is 45.4 Å². The number of nitrogens with one attached hydrogen (secondary N) is 1. The Bertz CT molecular complexity index is 370. The summed E-state index contributed by atoms with van der Waals surface area (Å²) in [6.07, 6.45) is 2.48. The van der Waals surface area contributed by atoms with Crippen molar-refractivity contribution in [3.8, 4) is 0 Å². The van der Waals surface area contributed by atoms with Gasteiger partial charge in [0.05, 0.1) is 0 Å². The molecule has 0 aromatic carbocycles.